The van der Waals surface area contributed by atoms with Crippen molar-refractivity contribution in [3.05, 3.63) is 46.2 Å². The fraction of sp³-hybridized carbons (Fsp3) is 0.312. The highest BCUT2D eigenvalue weighted by molar-refractivity contribution is 7.87. The molecule has 2 aromatic rings. The van der Waals surface area contributed by atoms with Crippen molar-refractivity contribution in [2.75, 3.05) is 6.54 Å². The highest BCUT2D eigenvalue weighted by Crippen LogP contribution is 2.23. The third-order valence-corrected chi connectivity index (χ3v) is 5.43. The second-order valence-corrected chi connectivity index (χ2v) is 7.56. The van der Waals surface area contributed by atoms with Crippen LogP contribution in [0.3, 0.4) is 0 Å². The van der Waals surface area contributed by atoms with E-state index in [1.54, 1.807) is 24.3 Å². The summed E-state index contributed by atoms with van der Waals surface area (Å²) < 4.78 is 29.6. The summed E-state index contributed by atoms with van der Waals surface area (Å²) in [6, 6.07) is 8.07. The van der Waals surface area contributed by atoms with E-state index in [-0.39, 0.29) is 16.6 Å². The first-order chi connectivity index (χ1) is 10.9. The van der Waals surface area contributed by atoms with Gasteiger partial charge in [0.1, 0.15) is 10.6 Å². The second kappa shape index (κ2) is 7.61. The summed E-state index contributed by atoms with van der Waals surface area (Å²) in [7, 11) is -3.93. The smallest absolute Gasteiger partial charge is 0.340 e. The summed E-state index contributed by atoms with van der Waals surface area (Å²) in [6.07, 6.45) is 1.87. The van der Waals surface area contributed by atoms with Crippen molar-refractivity contribution in [3.63, 3.8) is 0 Å². The van der Waals surface area contributed by atoms with Crippen LogP contribution in [0.2, 0.25) is 0 Å². The maximum absolute atomic E-state index is 12.2. The standard InChI is InChI=1S/C16H19NO4S2/c1-3-4-9-17-16(18)15-10-14(11-22-15)23(19,20)21-13-7-5-12(2)6-8-13/h5-8,10-11H,3-4,9H2,1-2H3,(H,17,18). The van der Waals surface area contributed by atoms with Crippen LogP contribution >= 0.6 is 11.3 Å². The molecular formula is C16H19NO4S2. The van der Waals surface area contributed by atoms with Crippen LogP contribution in [0.4, 0.5) is 0 Å². The maximum atomic E-state index is 12.2. The van der Waals surface area contributed by atoms with Crippen LogP contribution in [0.1, 0.15) is 35.0 Å². The van der Waals surface area contributed by atoms with E-state index in [0.717, 1.165) is 29.7 Å². The molecule has 124 valence electrons. The van der Waals surface area contributed by atoms with Gasteiger partial charge in [-0.1, -0.05) is 31.0 Å². The number of hydrogen-bond acceptors (Lipinski definition) is 5. The topological polar surface area (TPSA) is 72.5 Å². The molecule has 2 rings (SSSR count). The molecule has 0 saturated heterocycles. The number of carbonyl (C=O) groups is 1. The van der Waals surface area contributed by atoms with Crippen LogP contribution in [0.5, 0.6) is 5.75 Å². The molecule has 1 amide bonds. The van der Waals surface area contributed by atoms with Crippen LogP contribution in [0.25, 0.3) is 0 Å². The number of rotatable bonds is 7. The first-order valence-corrected chi connectivity index (χ1v) is 9.59. The van der Waals surface area contributed by atoms with Gasteiger partial charge >= 0.3 is 10.1 Å². The largest absolute Gasteiger partial charge is 0.379 e. The lowest BCUT2D eigenvalue weighted by Gasteiger charge is -2.05. The highest BCUT2D eigenvalue weighted by Gasteiger charge is 2.20. The van der Waals surface area contributed by atoms with Crippen LogP contribution in [0, 0.1) is 6.92 Å². The average molecular weight is 353 g/mol. The Balaban J connectivity index is 2.08. The van der Waals surface area contributed by atoms with E-state index in [9.17, 15) is 13.2 Å². The van der Waals surface area contributed by atoms with Gasteiger partial charge in [-0.05, 0) is 31.5 Å². The Hall–Kier alpha value is -1.86. The van der Waals surface area contributed by atoms with Gasteiger partial charge in [0.15, 0.2) is 0 Å². The lowest BCUT2D eigenvalue weighted by Crippen LogP contribution is -2.23. The third kappa shape index (κ3) is 4.80. The summed E-state index contributed by atoms with van der Waals surface area (Å²) in [6.45, 7) is 4.51. The molecule has 0 aliphatic carbocycles. The Kier molecular flexibility index (Phi) is 5.79. The molecule has 0 aliphatic heterocycles. The molecule has 7 heteroatoms. The van der Waals surface area contributed by atoms with Crippen molar-refractivity contribution in [3.8, 4) is 5.75 Å². The predicted molar refractivity (Wildman–Crippen MR) is 90.6 cm³/mol. The molecule has 0 unspecified atom stereocenters. The molecule has 1 N–H and O–H groups in total. The average Bonchev–Trinajstić information content (AvgIpc) is 3.00. The quantitative estimate of drug-likeness (QED) is 0.612. The first kappa shape index (κ1) is 17.5. The number of carbonyl (C=O) groups excluding carboxylic acids is 1. The lowest BCUT2D eigenvalue weighted by molar-refractivity contribution is 0.0957. The van der Waals surface area contributed by atoms with Gasteiger partial charge in [0.05, 0.1) is 4.88 Å². The number of benzene rings is 1. The van der Waals surface area contributed by atoms with Gasteiger partial charge in [-0.2, -0.15) is 8.42 Å². The van der Waals surface area contributed by atoms with Crippen molar-refractivity contribution in [1.82, 2.24) is 5.32 Å². The fourth-order valence-electron chi connectivity index (χ4n) is 1.80. The zero-order valence-electron chi connectivity index (χ0n) is 13.0. The molecule has 23 heavy (non-hydrogen) atoms. The molecule has 0 spiro atoms. The zero-order valence-corrected chi connectivity index (χ0v) is 14.7. The minimum absolute atomic E-state index is 0.0104. The summed E-state index contributed by atoms with van der Waals surface area (Å²) in [5.74, 6) is -0.0176. The molecule has 0 fully saturated rings. The molecule has 0 bridgehead atoms. The molecule has 1 heterocycles. The number of unbranched alkanes of at least 4 members (excludes halogenated alkanes) is 1. The van der Waals surface area contributed by atoms with Crippen molar-refractivity contribution < 1.29 is 17.4 Å². The lowest BCUT2D eigenvalue weighted by atomic mass is 10.2. The minimum atomic E-state index is -3.93. The van der Waals surface area contributed by atoms with E-state index in [1.165, 1.54) is 11.4 Å². The predicted octanol–water partition coefficient (Wildman–Crippen LogP) is 3.35. The van der Waals surface area contributed by atoms with Crippen LogP contribution in [-0.2, 0) is 10.1 Å². The van der Waals surface area contributed by atoms with E-state index in [2.05, 4.69) is 5.32 Å². The van der Waals surface area contributed by atoms with Crippen LogP contribution in [0.15, 0.2) is 40.6 Å². The van der Waals surface area contributed by atoms with Crippen LogP contribution in [-0.4, -0.2) is 20.9 Å². The van der Waals surface area contributed by atoms with Gasteiger partial charge in [-0.25, -0.2) is 0 Å². The summed E-state index contributed by atoms with van der Waals surface area (Å²) in [5.41, 5.74) is 1.01. The first-order valence-electron chi connectivity index (χ1n) is 7.30. The molecule has 0 atom stereocenters. The van der Waals surface area contributed by atoms with Gasteiger partial charge in [0.2, 0.25) is 0 Å². The van der Waals surface area contributed by atoms with Crippen LogP contribution < -0.4 is 9.50 Å². The van der Waals surface area contributed by atoms with E-state index in [0.29, 0.717) is 11.4 Å². The van der Waals surface area contributed by atoms with Crippen molar-refractivity contribution >= 4 is 27.4 Å². The van der Waals surface area contributed by atoms with E-state index >= 15 is 0 Å². The number of thiophene rings is 1. The third-order valence-electron chi connectivity index (χ3n) is 3.13. The van der Waals surface area contributed by atoms with E-state index in [1.807, 2.05) is 13.8 Å². The van der Waals surface area contributed by atoms with E-state index < -0.39 is 10.1 Å². The molecular weight excluding hydrogens is 334 g/mol. The maximum Gasteiger partial charge on any atom is 0.340 e. The highest BCUT2D eigenvalue weighted by atomic mass is 32.2. The van der Waals surface area contributed by atoms with Crippen molar-refractivity contribution in [1.29, 1.82) is 0 Å². The number of aryl methyl sites for hydroxylation is 1. The Morgan fingerprint density at radius 2 is 1.96 bits per heavy atom. The van der Waals surface area contributed by atoms with Crippen molar-refractivity contribution in [2.45, 2.75) is 31.6 Å². The Morgan fingerprint density at radius 3 is 2.61 bits per heavy atom. The Morgan fingerprint density at radius 1 is 1.26 bits per heavy atom. The summed E-state index contributed by atoms with van der Waals surface area (Å²) in [4.78, 5) is 12.3. The summed E-state index contributed by atoms with van der Waals surface area (Å²) >= 11 is 1.08. The van der Waals surface area contributed by atoms with Gasteiger partial charge in [-0.3, -0.25) is 4.79 Å². The molecule has 1 aromatic carbocycles. The van der Waals surface area contributed by atoms with Gasteiger partial charge < -0.3 is 9.50 Å². The SMILES string of the molecule is CCCCNC(=O)c1cc(S(=O)(=O)Oc2ccc(C)cc2)cs1. The monoisotopic (exact) mass is 353 g/mol. The number of amides is 1. The molecule has 0 aliphatic rings. The Bertz CT molecular complexity index is 764. The fourth-order valence-corrected chi connectivity index (χ4v) is 3.90. The molecule has 0 radical (unpaired) electrons. The summed E-state index contributed by atoms with van der Waals surface area (Å²) in [5, 5.41) is 4.17. The van der Waals surface area contributed by atoms with Gasteiger partial charge in [0, 0.05) is 11.9 Å². The molecule has 1 aromatic heterocycles. The molecule has 0 saturated carbocycles. The normalized spacial score (nSPS) is 11.2. The minimum Gasteiger partial charge on any atom is -0.379 e. The van der Waals surface area contributed by atoms with E-state index in [4.69, 9.17) is 4.18 Å². The number of nitrogens with one attached hydrogen (secondary N) is 1. The number of hydrogen-bond donors (Lipinski definition) is 1. The molecule has 5 nitrogen and oxygen atoms in total. The van der Waals surface area contributed by atoms with Gasteiger partial charge in [0.25, 0.3) is 5.91 Å². The Labute approximate surface area is 140 Å². The van der Waals surface area contributed by atoms with Gasteiger partial charge in [-0.15, -0.1) is 11.3 Å². The van der Waals surface area contributed by atoms with Crippen molar-refractivity contribution in [2.24, 2.45) is 0 Å². The zero-order chi connectivity index (χ0) is 16.9. The second-order valence-electron chi connectivity index (χ2n) is 5.11.